The monoisotopic (exact) mass is 330 g/mol. The van der Waals surface area contributed by atoms with Crippen LogP contribution in [0.15, 0.2) is 59.6 Å². The van der Waals surface area contributed by atoms with Gasteiger partial charge in [0.15, 0.2) is 0 Å². The zero-order valence-electron chi connectivity index (χ0n) is 11.4. The number of benzene rings is 2. The van der Waals surface area contributed by atoms with Crippen LogP contribution in [-0.2, 0) is 5.75 Å². The number of fused-ring (bicyclic) bond motifs is 1. The quantitative estimate of drug-likeness (QED) is 0.380. The van der Waals surface area contributed by atoms with Crippen molar-refractivity contribution in [2.75, 3.05) is 0 Å². The maximum Gasteiger partial charge on any atom is 0.269 e. The lowest BCUT2D eigenvalue weighted by Gasteiger charge is -2.06. The number of non-ortho nitro benzene ring substituents is 1. The lowest BCUT2D eigenvalue weighted by molar-refractivity contribution is -0.384. The van der Waals surface area contributed by atoms with Crippen LogP contribution in [0.2, 0.25) is 5.02 Å². The first-order valence-corrected chi connectivity index (χ1v) is 7.90. The highest BCUT2D eigenvalue weighted by molar-refractivity contribution is 7.98. The molecule has 0 radical (unpaired) electrons. The highest BCUT2D eigenvalue weighted by Crippen LogP contribution is 2.30. The Morgan fingerprint density at radius 3 is 2.64 bits per heavy atom. The van der Waals surface area contributed by atoms with Crippen LogP contribution in [0, 0.1) is 10.1 Å². The van der Waals surface area contributed by atoms with E-state index in [-0.39, 0.29) is 5.69 Å². The smallest absolute Gasteiger partial charge is 0.258 e. The van der Waals surface area contributed by atoms with Gasteiger partial charge in [0.1, 0.15) is 0 Å². The van der Waals surface area contributed by atoms with E-state index in [1.165, 1.54) is 12.1 Å². The fraction of sp³-hybridized carbons (Fsp3) is 0.0625. The van der Waals surface area contributed by atoms with E-state index in [0.717, 1.165) is 27.1 Å². The molecule has 2 aromatic carbocycles. The molecule has 22 heavy (non-hydrogen) atoms. The predicted molar refractivity (Wildman–Crippen MR) is 89.4 cm³/mol. The predicted octanol–water partition coefficient (Wildman–Crippen LogP) is 5.09. The van der Waals surface area contributed by atoms with Gasteiger partial charge in [-0.05, 0) is 23.8 Å². The molecule has 0 saturated heterocycles. The SMILES string of the molecule is O=[N+]([O-])c1ccc(CSc2ccnc3cc(Cl)ccc23)cc1. The van der Waals surface area contributed by atoms with Crippen molar-refractivity contribution in [3.8, 4) is 0 Å². The van der Waals surface area contributed by atoms with Crippen molar-refractivity contribution in [3.63, 3.8) is 0 Å². The Morgan fingerprint density at radius 2 is 1.91 bits per heavy atom. The molecule has 0 atom stereocenters. The molecule has 0 amide bonds. The minimum Gasteiger partial charge on any atom is -0.258 e. The van der Waals surface area contributed by atoms with Gasteiger partial charge in [0, 0.05) is 39.4 Å². The first-order valence-electron chi connectivity index (χ1n) is 6.54. The van der Waals surface area contributed by atoms with Crippen LogP contribution in [0.25, 0.3) is 10.9 Å². The summed E-state index contributed by atoms with van der Waals surface area (Å²) in [6.07, 6.45) is 1.76. The molecule has 0 fully saturated rings. The minimum absolute atomic E-state index is 0.109. The molecule has 0 aliphatic carbocycles. The highest BCUT2D eigenvalue weighted by Gasteiger charge is 2.06. The van der Waals surface area contributed by atoms with Gasteiger partial charge in [-0.2, -0.15) is 0 Å². The summed E-state index contributed by atoms with van der Waals surface area (Å²) in [4.78, 5) is 15.7. The molecule has 3 aromatic rings. The molecule has 1 aromatic heterocycles. The zero-order valence-corrected chi connectivity index (χ0v) is 13.0. The van der Waals surface area contributed by atoms with Gasteiger partial charge in [0.25, 0.3) is 5.69 Å². The van der Waals surface area contributed by atoms with Crippen LogP contribution < -0.4 is 0 Å². The standard InChI is InChI=1S/C16H11ClN2O2S/c17-12-3-6-14-15(9-12)18-8-7-16(14)22-10-11-1-4-13(5-2-11)19(20)21/h1-9H,10H2. The minimum atomic E-state index is -0.392. The Balaban J connectivity index is 1.80. The van der Waals surface area contributed by atoms with E-state index in [0.29, 0.717) is 5.02 Å². The number of thioether (sulfide) groups is 1. The summed E-state index contributed by atoms with van der Waals surface area (Å²) < 4.78 is 0. The third kappa shape index (κ3) is 3.21. The number of nitro benzene ring substituents is 1. The summed E-state index contributed by atoms with van der Waals surface area (Å²) in [5.74, 6) is 0.736. The Labute approximate surface area is 136 Å². The summed E-state index contributed by atoms with van der Waals surface area (Å²) in [6.45, 7) is 0. The molecular formula is C16H11ClN2O2S. The number of hydrogen-bond acceptors (Lipinski definition) is 4. The van der Waals surface area contributed by atoms with E-state index in [1.807, 2.05) is 24.3 Å². The summed E-state index contributed by atoms with van der Waals surface area (Å²) in [6, 6.07) is 14.2. The number of pyridine rings is 1. The molecule has 1 heterocycles. The molecular weight excluding hydrogens is 320 g/mol. The van der Waals surface area contributed by atoms with Crippen molar-refractivity contribution in [2.45, 2.75) is 10.6 Å². The first kappa shape index (κ1) is 14.8. The summed E-state index contributed by atoms with van der Waals surface area (Å²) in [5, 5.41) is 12.4. The summed E-state index contributed by atoms with van der Waals surface area (Å²) in [5.41, 5.74) is 2.01. The van der Waals surface area contributed by atoms with Gasteiger partial charge in [-0.3, -0.25) is 15.1 Å². The zero-order chi connectivity index (χ0) is 15.5. The largest absolute Gasteiger partial charge is 0.269 e. The van der Waals surface area contributed by atoms with Crippen molar-refractivity contribution in [3.05, 3.63) is 75.4 Å². The molecule has 0 spiro atoms. The molecule has 110 valence electrons. The molecule has 0 unspecified atom stereocenters. The average molecular weight is 331 g/mol. The van der Waals surface area contributed by atoms with Gasteiger partial charge in [-0.25, -0.2) is 0 Å². The number of halogens is 1. The first-order chi connectivity index (χ1) is 10.6. The second-order valence-corrected chi connectivity index (χ2v) is 6.14. The third-order valence-corrected chi connectivity index (χ3v) is 4.59. The molecule has 6 heteroatoms. The summed E-state index contributed by atoms with van der Waals surface area (Å²) >= 11 is 7.65. The van der Waals surface area contributed by atoms with E-state index in [2.05, 4.69) is 4.98 Å². The highest BCUT2D eigenvalue weighted by atomic mass is 35.5. The van der Waals surface area contributed by atoms with E-state index in [9.17, 15) is 10.1 Å². The van der Waals surface area contributed by atoms with Crippen molar-refractivity contribution in [1.82, 2.24) is 4.98 Å². The van der Waals surface area contributed by atoms with E-state index >= 15 is 0 Å². The van der Waals surface area contributed by atoms with Gasteiger partial charge in [0.2, 0.25) is 0 Å². The maximum absolute atomic E-state index is 10.6. The number of rotatable bonds is 4. The van der Waals surface area contributed by atoms with Gasteiger partial charge < -0.3 is 0 Å². The summed E-state index contributed by atoms with van der Waals surface area (Å²) in [7, 11) is 0. The lowest BCUT2D eigenvalue weighted by atomic mass is 10.2. The van der Waals surface area contributed by atoms with Crippen LogP contribution in [-0.4, -0.2) is 9.91 Å². The third-order valence-electron chi connectivity index (χ3n) is 3.21. The number of nitro groups is 1. The number of nitrogens with zero attached hydrogens (tertiary/aromatic N) is 2. The second kappa shape index (κ2) is 6.34. The molecule has 4 nitrogen and oxygen atoms in total. The van der Waals surface area contributed by atoms with Crippen LogP contribution in [0.5, 0.6) is 0 Å². The van der Waals surface area contributed by atoms with E-state index in [4.69, 9.17) is 11.6 Å². The van der Waals surface area contributed by atoms with E-state index < -0.39 is 4.92 Å². The van der Waals surface area contributed by atoms with Gasteiger partial charge in [-0.1, -0.05) is 29.8 Å². The fourth-order valence-corrected chi connectivity index (χ4v) is 3.26. The van der Waals surface area contributed by atoms with Gasteiger partial charge >= 0.3 is 0 Å². The molecule has 0 N–H and O–H groups in total. The van der Waals surface area contributed by atoms with Crippen LogP contribution in [0.3, 0.4) is 0 Å². The Hall–Kier alpha value is -2.11. The van der Waals surface area contributed by atoms with Crippen LogP contribution in [0.1, 0.15) is 5.56 Å². The molecule has 0 aliphatic heterocycles. The maximum atomic E-state index is 10.6. The normalized spacial score (nSPS) is 10.8. The molecule has 3 rings (SSSR count). The van der Waals surface area contributed by atoms with Crippen molar-refractivity contribution in [2.24, 2.45) is 0 Å². The van der Waals surface area contributed by atoms with Crippen molar-refractivity contribution < 1.29 is 4.92 Å². The van der Waals surface area contributed by atoms with Crippen molar-refractivity contribution >= 4 is 40.0 Å². The van der Waals surface area contributed by atoms with Crippen LogP contribution in [0.4, 0.5) is 5.69 Å². The average Bonchev–Trinajstić information content (AvgIpc) is 2.52. The topological polar surface area (TPSA) is 56.0 Å². The second-order valence-electron chi connectivity index (χ2n) is 4.68. The number of hydrogen-bond donors (Lipinski definition) is 0. The van der Waals surface area contributed by atoms with Gasteiger partial charge in [-0.15, -0.1) is 11.8 Å². The molecule has 0 bridgehead atoms. The fourth-order valence-electron chi connectivity index (χ4n) is 2.10. The Bertz CT molecular complexity index is 837. The van der Waals surface area contributed by atoms with Crippen LogP contribution >= 0.6 is 23.4 Å². The molecule has 0 saturated carbocycles. The Kier molecular flexibility index (Phi) is 4.27. The van der Waals surface area contributed by atoms with E-state index in [1.54, 1.807) is 30.1 Å². The molecule has 0 aliphatic rings. The van der Waals surface area contributed by atoms with Crippen molar-refractivity contribution in [1.29, 1.82) is 0 Å². The number of aromatic nitrogens is 1. The lowest BCUT2D eigenvalue weighted by Crippen LogP contribution is -1.88. The Morgan fingerprint density at radius 1 is 1.14 bits per heavy atom. The van der Waals surface area contributed by atoms with Gasteiger partial charge in [0.05, 0.1) is 10.4 Å².